The second kappa shape index (κ2) is 6.38. The number of piperazine rings is 1. The molecule has 2 heterocycles. The van der Waals surface area contributed by atoms with Crippen LogP contribution in [0.25, 0.3) is 0 Å². The average molecular weight is 280 g/mol. The van der Waals surface area contributed by atoms with Crippen LogP contribution in [0.2, 0.25) is 0 Å². The molecule has 2 atom stereocenters. The topological polar surface area (TPSA) is 15.3 Å². The van der Waals surface area contributed by atoms with Crippen molar-refractivity contribution in [2.45, 2.75) is 52.1 Å². The van der Waals surface area contributed by atoms with Gasteiger partial charge in [-0.15, -0.1) is 0 Å². The SMILES string of the molecule is CCC1(C)CNC(C(C)C)CN1CCc1ccsc1. The van der Waals surface area contributed by atoms with Crippen LogP contribution in [0.1, 0.15) is 39.7 Å². The molecule has 0 bridgehead atoms. The van der Waals surface area contributed by atoms with E-state index in [2.05, 4.69) is 54.7 Å². The lowest BCUT2D eigenvalue weighted by molar-refractivity contribution is 0.0397. The van der Waals surface area contributed by atoms with Gasteiger partial charge in [-0.3, -0.25) is 4.90 Å². The Hall–Kier alpha value is -0.380. The third-order valence-corrected chi connectivity index (χ3v) is 5.47. The molecule has 1 N–H and O–H groups in total. The average Bonchev–Trinajstić information content (AvgIpc) is 2.90. The fraction of sp³-hybridized carbons (Fsp3) is 0.750. The van der Waals surface area contributed by atoms with Gasteiger partial charge in [-0.05, 0) is 48.1 Å². The number of nitrogens with zero attached hydrogens (tertiary/aromatic N) is 1. The predicted molar refractivity (Wildman–Crippen MR) is 84.9 cm³/mol. The van der Waals surface area contributed by atoms with Crippen molar-refractivity contribution in [3.63, 3.8) is 0 Å². The second-order valence-electron chi connectivity index (χ2n) is 6.41. The smallest absolute Gasteiger partial charge is 0.0304 e. The van der Waals surface area contributed by atoms with Crippen LogP contribution in [0.4, 0.5) is 0 Å². The lowest BCUT2D eigenvalue weighted by Crippen LogP contribution is -2.64. The zero-order valence-electron chi connectivity index (χ0n) is 12.8. The minimum absolute atomic E-state index is 0.321. The summed E-state index contributed by atoms with van der Waals surface area (Å²) >= 11 is 1.81. The van der Waals surface area contributed by atoms with Crippen LogP contribution in [0.15, 0.2) is 16.8 Å². The van der Waals surface area contributed by atoms with Crippen LogP contribution in [-0.2, 0) is 6.42 Å². The Bertz CT molecular complexity index is 374. The Morgan fingerprint density at radius 2 is 2.32 bits per heavy atom. The summed E-state index contributed by atoms with van der Waals surface area (Å²) < 4.78 is 0. The molecule has 2 unspecified atom stereocenters. The Balaban J connectivity index is 1.99. The molecule has 0 aliphatic carbocycles. The van der Waals surface area contributed by atoms with Gasteiger partial charge in [0.25, 0.3) is 0 Å². The molecule has 1 aliphatic heterocycles. The van der Waals surface area contributed by atoms with E-state index in [1.807, 2.05) is 0 Å². The van der Waals surface area contributed by atoms with Crippen molar-refractivity contribution in [2.75, 3.05) is 19.6 Å². The Morgan fingerprint density at radius 1 is 1.53 bits per heavy atom. The molecule has 0 aromatic carbocycles. The van der Waals surface area contributed by atoms with Crippen LogP contribution in [0, 0.1) is 5.92 Å². The number of hydrogen-bond acceptors (Lipinski definition) is 3. The standard InChI is InChI=1S/C16H28N2S/c1-5-16(4)12-17-15(13(2)3)10-18(16)8-6-14-7-9-19-11-14/h7,9,11,13,15,17H,5-6,8,10,12H2,1-4H3. The minimum atomic E-state index is 0.321. The minimum Gasteiger partial charge on any atom is -0.311 e. The van der Waals surface area contributed by atoms with E-state index in [1.165, 1.54) is 31.5 Å². The highest BCUT2D eigenvalue weighted by atomic mass is 32.1. The van der Waals surface area contributed by atoms with Crippen LogP contribution >= 0.6 is 11.3 Å². The molecule has 1 aliphatic rings. The first-order valence-corrected chi connectivity index (χ1v) is 8.49. The molecule has 1 fully saturated rings. The highest BCUT2D eigenvalue weighted by Gasteiger charge is 2.36. The van der Waals surface area contributed by atoms with Crippen LogP contribution < -0.4 is 5.32 Å². The van der Waals surface area contributed by atoms with Crippen molar-refractivity contribution < 1.29 is 0 Å². The van der Waals surface area contributed by atoms with E-state index < -0.39 is 0 Å². The monoisotopic (exact) mass is 280 g/mol. The van der Waals surface area contributed by atoms with Crippen molar-refractivity contribution in [2.24, 2.45) is 5.92 Å². The van der Waals surface area contributed by atoms with Gasteiger partial charge in [0.05, 0.1) is 0 Å². The maximum absolute atomic E-state index is 3.74. The van der Waals surface area contributed by atoms with Crippen LogP contribution in [-0.4, -0.2) is 36.1 Å². The molecule has 3 heteroatoms. The molecule has 1 aromatic heterocycles. The van der Waals surface area contributed by atoms with Crippen molar-refractivity contribution in [3.8, 4) is 0 Å². The lowest BCUT2D eigenvalue weighted by atomic mass is 9.89. The first-order valence-electron chi connectivity index (χ1n) is 7.54. The van der Waals surface area contributed by atoms with Gasteiger partial charge in [0, 0.05) is 31.2 Å². The molecule has 108 valence electrons. The van der Waals surface area contributed by atoms with E-state index >= 15 is 0 Å². The highest BCUT2D eigenvalue weighted by Crippen LogP contribution is 2.25. The third kappa shape index (κ3) is 3.59. The van der Waals surface area contributed by atoms with Gasteiger partial charge in [-0.25, -0.2) is 0 Å². The summed E-state index contributed by atoms with van der Waals surface area (Å²) in [6.07, 6.45) is 2.40. The number of rotatable bonds is 5. The van der Waals surface area contributed by atoms with E-state index in [0.29, 0.717) is 17.5 Å². The quantitative estimate of drug-likeness (QED) is 0.889. The number of hydrogen-bond donors (Lipinski definition) is 1. The summed E-state index contributed by atoms with van der Waals surface area (Å²) in [6, 6.07) is 2.90. The van der Waals surface area contributed by atoms with E-state index in [0.717, 1.165) is 6.54 Å². The van der Waals surface area contributed by atoms with Gasteiger partial charge >= 0.3 is 0 Å². The zero-order valence-corrected chi connectivity index (χ0v) is 13.6. The molecule has 1 aromatic rings. The van der Waals surface area contributed by atoms with Crippen molar-refractivity contribution in [1.82, 2.24) is 10.2 Å². The second-order valence-corrected chi connectivity index (χ2v) is 7.19. The van der Waals surface area contributed by atoms with Crippen LogP contribution in [0.5, 0.6) is 0 Å². The van der Waals surface area contributed by atoms with Gasteiger partial charge < -0.3 is 5.32 Å². The molecular weight excluding hydrogens is 252 g/mol. The molecule has 0 spiro atoms. The molecule has 1 saturated heterocycles. The summed E-state index contributed by atoms with van der Waals surface area (Å²) in [7, 11) is 0. The summed E-state index contributed by atoms with van der Waals surface area (Å²) in [5.74, 6) is 0.713. The third-order valence-electron chi connectivity index (χ3n) is 4.74. The number of nitrogens with one attached hydrogen (secondary N) is 1. The molecule has 2 rings (SSSR count). The first-order chi connectivity index (χ1) is 9.05. The van der Waals surface area contributed by atoms with Gasteiger partial charge in [0.2, 0.25) is 0 Å². The van der Waals surface area contributed by atoms with Crippen molar-refractivity contribution in [1.29, 1.82) is 0 Å². The van der Waals surface area contributed by atoms with Crippen molar-refractivity contribution in [3.05, 3.63) is 22.4 Å². The van der Waals surface area contributed by atoms with E-state index in [1.54, 1.807) is 11.3 Å². The lowest BCUT2D eigenvalue weighted by Gasteiger charge is -2.49. The molecule has 2 nitrogen and oxygen atoms in total. The maximum atomic E-state index is 3.74. The summed E-state index contributed by atoms with van der Waals surface area (Å²) in [6.45, 7) is 12.9. The molecule has 0 amide bonds. The van der Waals surface area contributed by atoms with Crippen LogP contribution in [0.3, 0.4) is 0 Å². The van der Waals surface area contributed by atoms with Gasteiger partial charge in [0.15, 0.2) is 0 Å². The van der Waals surface area contributed by atoms with Gasteiger partial charge in [0.1, 0.15) is 0 Å². The Labute approximate surface area is 122 Å². The Kier molecular flexibility index (Phi) is 5.04. The summed E-state index contributed by atoms with van der Waals surface area (Å²) in [5, 5.41) is 8.21. The van der Waals surface area contributed by atoms with Gasteiger partial charge in [-0.2, -0.15) is 11.3 Å². The molecule has 0 radical (unpaired) electrons. The normalized spacial score (nSPS) is 29.0. The van der Waals surface area contributed by atoms with E-state index in [4.69, 9.17) is 0 Å². The zero-order chi connectivity index (χ0) is 13.9. The Morgan fingerprint density at radius 3 is 2.89 bits per heavy atom. The molecule has 19 heavy (non-hydrogen) atoms. The largest absolute Gasteiger partial charge is 0.311 e. The summed E-state index contributed by atoms with van der Waals surface area (Å²) in [4.78, 5) is 2.71. The fourth-order valence-corrected chi connectivity index (χ4v) is 3.54. The van der Waals surface area contributed by atoms with Crippen molar-refractivity contribution >= 4 is 11.3 Å². The highest BCUT2D eigenvalue weighted by molar-refractivity contribution is 7.07. The predicted octanol–water partition coefficient (Wildman–Crippen LogP) is 3.39. The van der Waals surface area contributed by atoms with Gasteiger partial charge in [-0.1, -0.05) is 20.8 Å². The molecule has 0 saturated carbocycles. The summed E-state index contributed by atoms with van der Waals surface area (Å²) in [5.41, 5.74) is 1.81. The fourth-order valence-electron chi connectivity index (χ4n) is 2.84. The molecular formula is C16H28N2S. The first kappa shape index (κ1) is 15.0. The number of thiophene rings is 1. The van der Waals surface area contributed by atoms with E-state index in [-0.39, 0.29) is 0 Å². The maximum Gasteiger partial charge on any atom is 0.0304 e. The van der Waals surface area contributed by atoms with E-state index in [9.17, 15) is 0 Å².